The second-order valence-electron chi connectivity index (χ2n) is 8.07. The molecule has 2 aliphatic heterocycles. The summed E-state index contributed by atoms with van der Waals surface area (Å²) < 4.78 is 46.8. The van der Waals surface area contributed by atoms with Crippen LogP contribution in [0.4, 0.5) is 18.9 Å². The van der Waals surface area contributed by atoms with E-state index in [1.54, 1.807) is 30.3 Å². The summed E-state index contributed by atoms with van der Waals surface area (Å²) in [5, 5.41) is 14.3. The number of rotatable bonds is 4. The van der Waals surface area contributed by atoms with Crippen molar-refractivity contribution in [2.24, 2.45) is 0 Å². The molecule has 2 N–H and O–H groups in total. The number of fused-ring (bicyclic) bond motifs is 1. The van der Waals surface area contributed by atoms with Gasteiger partial charge in [0.05, 0.1) is 12.7 Å². The highest BCUT2D eigenvalue weighted by atomic mass is 19.4. The number of methoxy groups -OCH3 is 1. The first-order valence-corrected chi connectivity index (χ1v) is 10.4. The van der Waals surface area contributed by atoms with E-state index in [1.807, 2.05) is 0 Å². The van der Waals surface area contributed by atoms with E-state index in [1.165, 1.54) is 18.1 Å². The molecule has 0 saturated carbocycles. The van der Waals surface area contributed by atoms with Crippen LogP contribution in [0.2, 0.25) is 0 Å². The molecule has 2 aromatic rings. The van der Waals surface area contributed by atoms with Crippen molar-refractivity contribution in [2.75, 3.05) is 25.1 Å². The van der Waals surface area contributed by atoms with E-state index in [0.29, 0.717) is 11.3 Å². The molecule has 0 bridgehead atoms. The Hall–Kier alpha value is -2.58. The van der Waals surface area contributed by atoms with Gasteiger partial charge in [0.15, 0.2) is 0 Å². The number of hydrogen-bond acceptors (Lipinski definition) is 4. The Balaban J connectivity index is 1.81. The highest BCUT2D eigenvalue weighted by molar-refractivity contribution is 5.99. The average Bonchev–Trinajstić information content (AvgIpc) is 3.24. The van der Waals surface area contributed by atoms with Crippen LogP contribution < -0.4 is 15.0 Å². The van der Waals surface area contributed by atoms with Crippen LogP contribution in [0.15, 0.2) is 42.5 Å². The summed E-state index contributed by atoms with van der Waals surface area (Å²) in [7, 11) is 1.51. The second-order valence-corrected chi connectivity index (χ2v) is 8.07. The van der Waals surface area contributed by atoms with Crippen LogP contribution in [-0.4, -0.2) is 43.4 Å². The van der Waals surface area contributed by atoms with Crippen molar-refractivity contribution in [2.45, 2.75) is 43.5 Å². The molecule has 3 unspecified atom stereocenters. The maximum Gasteiger partial charge on any atom is 0.416 e. The lowest BCUT2D eigenvalue weighted by molar-refractivity contribution is -0.138. The molecule has 0 radical (unpaired) electrons. The predicted molar refractivity (Wildman–Crippen MR) is 110 cm³/mol. The first-order valence-electron chi connectivity index (χ1n) is 10.4. The van der Waals surface area contributed by atoms with E-state index in [-0.39, 0.29) is 30.3 Å². The lowest BCUT2D eigenvalue weighted by Crippen LogP contribution is -2.46. The van der Waals surface area contributed by atoms with Gasteiger partial charge in [-0.3, -0.25) is 4.79 Å². The van der Waals surface area contributed by atoms with E-state index in [9.17, 15) is 23.1 Å². The Kier molecular flexibility index (Phi) is 5.94. The summed E-state index contributed by atoms with van der Waals surface area (Å²) in [6.07, 6.45) is -4.34. The zero-order chi connectivity index (χ0) is 22.2. The van der Waals surface area contributed by atoms with Gasteiger partial charge >= 0.3 is 6.18 Å². The number of carbonyl (C=O) groups excluding carboxylic acids is 1. The van der Waals surface area contributed by atoms with Crippen LogP contribution in [0.5, 0.6) is 5.75 Å². The van der Waals surface area contributed by atoms with Crippen LogP contribution in [0.1, 0.15) is 35.4 Å². The molecular weight excluding hydrogens is 409 g/mol. The number of alkyl halides is 3. The van der Waals surface area contributed by atoms with E-state index in [0.717, 1.165) is 25.5 Å². The minimum atomic E-state index is -4.56. The number of nitrogens with zero attached hydrogens (tertiary/aromatic N) is 1. The minimum Gasteiger partial charge on any atom is -0.497 e. The Bertz CT molecular complexity index is 940. The fraction of sp³-hybridized carbons (Fsp3) is 0.435. The van der Waals surface area contributed by atoms with Crippen molar-refractivity contribution in [3.8, 4) is 5.75 Å². The Labute approximate surface area is 178 Å². The minimum absolute atomic E-state index is 0.0175. The lowest BCUT2D eigenvalue weighted by Gasteiger charge is -2.28. The molecule has 2 heterocycles. The van der Waals surface area contributed by atoms with Gasteiger partial charge in [0, 0.05) is 24.2 Å². The number of halogens is 3. The Morgan fingerprint density at radius 2 is 1.94 bits per heavy atom. The first-order chi connectivity index (χ1) is 14.8. The lowest BCUT2D eigenvalue weighted by atomic mass is 9.86. The number of nitrogens with one attached hydrogen (secondary N) is 1. The van der Waals surface area contributed by atoms with Gasteiger partial charge in [0.1, 0.15) is 11.9 Å². The third kappa shape index (κ3) is 4.27. The molecule has 0 aliphatic carbocycles. The van der Waals surface area contributed by atoms with Crippen LogP contribution in [0.25, 0.3) is 0 Å². The molecule has 2 aliphatic rings. The Morgan fingerprint density at radius 1 is 1.19 bits per heavy atom. The maximum absolute atomic E-state index is 13.9. The number of aliphatic hydroxyl groups excluding tert-OH is 1. The number of carbonyl (C=O) groups is 1. The van der Waals surface area contributed by atoms with Gasteiger partial charge in [-0.15, -0.1) is 0 Å². The summed E-state index contributed by atoms with van der Waals surface area (Å²) in [5.74, 6) is -0.793. The Morgan fingerprint density at radius 3 is 2.55 bits per heavy atom. The smallest absolute Gasteiger partial charge is 0.416 e. The quantitative estimate of drug-likeness (QED) is 0.773. The predicted octanol–water partition coefficient (Wildman–Crippen LogP) is 3.50. The number of ether oxygens (including phenoxy) is 1. The SMILES string of the molecule is COc1ccc(C2Cc3c(cccc3C(F)(F)F)N(CC3CCCN3)C(=O)C2O)cc1. The standard InChI is InChI=1S/C23H25F3N2O3/c1-31-16-9-7-14(8-10-16)17-12-18-19(23(24,25)26)5-2-6-20(18)28(22(30)21(17)29)13-15-4-3-11-27-15/h2,5-10,15,17,21,27,29H,3-4,11-13H2,1H3. The second kappa shape index (κ2) is 8.51. The molecule has 2 aromatic carbocycles. The molecule has 0 spiro atoms. The largest absolute Gasteiger partial charge is 0.497 e. The zero-order valence-electron chi connectivity index (χ0n) is 17.2. The van der Waals surface area contributed by atoms with Crippen molar-refractivity contribution in [1.82, 2.24) is 5.32 Å². The molecule has 3 atom stereocenters. The average molecular weight is 434 g/mol. The van der Waals surface area contributed by atoms with E-state index in [4.69, 9.17) is 4.74 Å². The van der Waals surface area contributed by atoms with Crippen molar-refractivity contribution in [1.29, 1.82) is 0 Å². The van der Waals surface area contributed by atoms with Gasteiger partial charge in [-0.05, 0) is 61.2 Å². The third-order valence-corrected chi connectivity index (χ3v) is 6.18. The number of aliphatic hydroxyl groups is 1. The van der Waals surface area contributed by atoms with Crippen LogP contribution >= 0.6 is 0 Å². The molecular formula is C23H25F3N2O3. The molecule has 1 saturated heterocycles. The van der Waals surface area contributed by atoms with Gasteiger partial charge in [0.25, 0.3) is 5.91 Å². The van der Waals surface area contributed by atoms with Crippen LogP contribution in [-0.2, 0) is 17.4 Å². The summed E-state index contributed by atoms with van der Waals surface area (Å²) >= 11 is 0. The van der Waals surface area contributed by atoms with Crippen LogP contribution in [0.3, 0.4) is 0 Å². The number of amides is 1. The fourth-order valence-corrected chi connectivity index (χ4v) is 4.56. The normalized spacial score (nSPS) is 24.1. The first kappa shape index (κ1) is 21.6. The molecule has 0 aromatic heterocycles. The van der Waals surface area contributed by atoms with E-state index >= 15 is 0 Å². The summed E-state index contributed by atoms with van der Waals surface area (Å²) in [4.78, 5) is 14.6. The number of hydrogen-bond donors (Lipinski definition) is 2. The molecule has 31 heavy (non-hydrogen) atoms. The maximum atomic E-state index is 13.9. The van der Waals surface area contributed by atoms with Gasteiger partial charge in [-0.1, -0.05) is 18.2 Å². The number of benzene rings is 2. The van der Waals surface area contributed by atoms with Gasteiger partial charge in [-0.25, -0.2) is 0 Å². The monoisotopic (exact) mass is 434 g/mol. The highest BCUT2D eigenvalue weighted by Crippen LogP contribution is 2.42. The fourth-order valence-electron chi connectivity index (χ4n) is 4.56. The van der Waals surface area contributed by atoms with Crippen molar-refractivity contribution >= 4 is 11.6 Å². The van der Waals surface area contributed by atoms with Crippen molar-refractivity contribution in [3.05, 3.63) is 59.2 Å². The van der Waals surface area contributed by atoms with Crippen molar-refractivity contribution < 1.29 is 27.8 Å². The summed E-state index contributed by atoms with van der Waals surface area (Å²) in [5.41, 5.74) is 0.0857. The molecule has 1 fully saturated rings. The topological polar surface area (TPSA) is 61.8 Å². The van der Waals surface area contributed by atoms with E-state index in [2.05, 4.69) is 5.32 Å². The van der Waals surface area contributed by atoms with Crippen LogP contribution in [0, 0.1) is 0 Å². The zero-order valence-corrected chi connectivity index (χ0v) is 17.2. The third-order valence-electron chi connectivity index (χ3n) is 6.18. The highest BCUT2D eigenvalue weighted by Gasteiger charge is 2.42. The molecule has 1 amide bonds. The van der Waals surface area contributed by atoms with Gasteiger partial charge in [-0.2, -0.15) is 13.2 Å². The van der Waals surface area contributed by atoms with Gasteiger partial charge < -0.3 is 20.1 Å². The number of anilines is 1. The summed E-state index contributed by atoms with van der Waals surface area (Å²) in [6, 6.07) is 10.6. The molecule has 5 nitrogen and oxygen atoms in total. The molecule has 4 rings (SSSR count). The van der Waals surface area contributed by atoms with Gasteiger partial charge in [0.2, 0.25) is 0 Å². The van der Waals surface area contributed by atoms with Crippen molar-refractivity contribution in [3.63, 3.8) is 0 Å². The molecule has 166 valence electrons. The molecule has 8 heteroatoms. The van der Waals surface area contributed by atoms with E-state index < -0.39 is 29.7 Å². The summed E-state index contributed by atoms with van der Waals surface area (Å²) in [6.45, 7) is 1.03.